The Morgan fingerprint density at radius 2 is 2.04 bits per heavy atom. The largest absolute Gasteiger partial charge is 0.496 e. The van der Waals surface area contributed by atoms with Crippen molar-refractivity contribution in [2.45, 2.75) is 19.3 Å². The van der Waals surface area contributed by atoms with Crippen LogP contribution in [0.1, 0.15) is 17.5 Å². The molecule has 0 unspecified atom stereocenters. The molecular weight excluding hydrogens is 320 g/mol. The van der Waals surface area contributed by atoms with E-state index < -0.39 is 5.76 Å². The van der Waals surface area contributed by atoms with E-state index in [0.29, 0.717) is 30.5 Å². The number of nitrogens with one attached hydrogen (secondary N) is 2. The fraction of sp³-hybridized carbons (Fsp3) is 0.263. The van der Waals surface area contributed by atoms with Crippen LogP contribution in [0, 0.1) is 0 Å². The highest BCUT2D eigenvalue weighted by atomic mass is 16.5. The Balaban J connectivity index is 1.48. The number of carbonyl (C=O) groups is 1. The van der Waals surface area contributed by atoms with Crippen LogP contribution in [-0.4, -0.2) is 24.5 Å². The molecule has 0 saturated carbocycles. The quantitative estimate of drug-likeness (QED) is 0.692. The number of methoxy groups -OCH3 is 1. The molecule has 1 amide bonds. The van der Waals surface area contributed by atoms with Gasteiger partial charge >= 0.3 is 5.76 Å². The van der Waals surface area contributed by atoms with E-state index in [2.05, 4.69) is 10.3 Å². The molecule has 6 heteroatoms. The van der Waals surface area contributed by atoms with Crippen LogP contribution < -0.4 is 15.8 Å². The maximum absolute atomic E-state index is 12.0. The fourth-order valence-corrected chi connectivity index (χ4v) is 2.75. The third-order valence-electron chi connectivity index (χ3n) is 4.03. The van der Waals surface area contributed by atoms with Crippen molar-refractivity contribution in [2.75, 3.05) is 13.7 Å². The van der Waals surface area contributed by atoms with Gasteiger partial charge in [0.2, 0.25) is 5.91 Å². The van der Waals surface area contributed by atoms with Gasteiger partial charge in [-0.25, -0.2) is 4.79 Å². The van der Waals surface area contributed by atoms with Crippen molar-refractivity contribution in [3.05, 3.63) is 64.1 Å². The number of aromatic nitrogens is 1. The molecule has 0 aliphatic heterocycles. The molecule has 130 valence electrons. The van der Waals surface area contributed by atoms with Crippen LogP contribution in [0.4, 0.5) is 0 Å². The number of hydrogen-bond donors (Lipinski definition) is 2. The van der Waals surface area contributed by atoms with Crippen LogP contribution in [0.2, 0.25) is 0 Å². The van der Waals surface area contributed by atoms with E-state index >= 15 is 0 Å². The minimum absolute atomic E-state index is 0.00400. The Bertz CT molecular complexity index is 926. The van der Waals surface area contributed by atoms with Crippen molar-refractivity contribution in [1.82, 2.24) is 10.3 Å². The van der Waals surface area contributed by atoms with Gasteiger partial charge in [0.05, 0.1) is 12.6 Å². The van der Waals surface area contributed by atoms with Gasteiger partial charge in [-0.3, -0.25) is 9.78 Å². The maximum Gasteiger partial charge on any atom is 0.417 e. The monoisotopic (exact) mass is 340 g/mol. The summed E-state index contributed by atoms with van der Waals surface area (Å²) in [5, 5.41) is 2.92. The SMILES string of the molecule is COc1ccccc1CCNC(=O)CCc1ccc2oc(=O)[nH]c2c1. The Kier molecular flexibility index (Phi) is 5.18. The van der Waals surface area contributed by atoms with Crippen molar-refractivity contribution in [3.63, 3.8) is 0 Å². The lowest BCUT2D eigenvalue weighted by Gasteiger charge is -2.09. The summed E-state index contributed by atoms with van der Waals surface area (Å²) in [4.78, 5) is 25.8. The van der Waals surface area contributed by atoms with Crippen molar-refractivity contribution >= 4 is 17.0 Å². The summed E-state index contributed by atoms with van der Waals surface area (Å²) < 4.78 is 10.3. The van der Waals surface area contributed by atoms with E-state index in [1.54, 1.807) is 13.2 Å². The third-order valence-corrected chi connectivity index (χ3v) is 4.03. The van der Waals surface area contributed by atoms with Gasteiger partial charge in [-0.05, 0) is 42.2 Å². The number of ether oxygens (including phenoxy) is 1. The van der Waals surface area contributed by atoms with Crippen molar-refractivity contribution in [1.29, 1.82) is 0 Å². The first kappa shape index (κ1) is 16.8. The van der Waals surface area contributed by atoms with E-state index in [0.717, 1.165) is 23.3 Å². The van der Waals surface area contributed by atoms with Crippen LogP contribution in [0.25, 0.3) is 11.1 Å². The minimum atomic E-state index is -0.471. The average Bonchev–Trinajstić information content (AvgIpc) is 2.99. The van der Waals surface area contributed by atoms with Crippen LogP contribution in [0.15, 0.2) is 51.7 Å². The molecule has 2 aromatic carbocycles. The van der Waals surface area contributed by atoms with Gasteiger partial charge < -0.3 is 14.5 Å². The molecule has 0 fully saturated rings. The summed E-state index contributed by atoms with van der Waals surface area (Å²) in [6, 6.07) is 13.2. The standard InChI is InChI=1S/C19H20N2O4/c1-24-16-5-3-2-4-14(16)10-11-20-18(22)9-7-13-6-8-17-15(12-13)21-19(23)25-17/h2-6,8,12H,7,9-11H2,1H3,(H,20,22)(H,21,23). The van der Waals surface area contributed by atoms with E-state index in [1.807, 2.05) is 36.4 Å². The molecule has 6 nitrogen and oxygen atoms in total. The molecule has 2 N–H and O–H groups in total. The molecule has 25 heavy (non-hydrogen) atoms. The van der Waals surface area contributed by atoms with Gasteiger partial charge in [0.1, 0.15) is 5.75 Å². The molecule has 0 radical (unpaired) electrons. The molecule has 0 aliphatic rings. The van der Waals surface area contributed by atoms with Crippen molar-refractivity contribution in [3.8, 4) is 5.75 Å². The highest BCUT2D eigenvalue weighted by Crippen LogP contribution is 2.17. The summed E-state index contributed by atoms with van der Waals surface area (Å²) in [5.74, 6) is 0.357. The fourth-order valence-electron chi connectivity index (χ4n) is 2.75. The van der Waals surface area contributed by atoms with Crippen LogP contribution >= 0.6 is 0 Å². The molecule has 0 atom stereocenters. The van der Waals surface area contributed by atoms with E-state index in [4.69, 9.17) is 9.15 Å². The van der Waals surface area contributed by atoms with Crippen LogP contribution in [0.5, 0.6) is 5.75 Å². The highest BCUT2D eigenvalue weighted by molar-refractivity contribution is 5.77. The van der Waals surface area contributed by atoms with Gasteiger partial charge in [0, 0.05) is 13.0 Å². The molecule has 3 aromatic rings. The lowest BCUT2D eigenvalue weighted by molar-refractivity contribution is -0.121. The molecule has 1 aromatic heterocycles. The second-order valence-electron chi connectivity index (χ2n) is 5.76. The first-order valence-electron chi connectivity index (χ1n) is 8.16. The van der Waals surface area contributed by atoms with Gasteiger partial charge in [0.15, 0.2) is 5.58 Å². The predicted octanol–water partition coefficient (Wildman–Crippen LogP) is 2.42. The Labute approximate surface area is 144 Å². The number of amides is 1. The number of aromatic amines is 1. The average molecular weight is 340 g/mol. The Hall–Kier alpha value is -3.02. The third kappa shape index (κ3) is 4.29. The molecule has 0 bridgehead atoms. The Morgan fingerprint density at radius 1 is 1.20 bits per heavy atom. The predicted molar refractivity (Wildman–Crippen MR) is 94.9 cm³/mol. The van der Waals surface area contributed by atoms with Crippen molar-refractivity contribution in [2.24, 2.45) is 0 Å². The van der Waals surface area contributed by atoms with Gasteiger partial charge in [0.25, 0.3) is 0 Å². The van der Waals surface area contributed by atoms with Gasteiger partial charge in [-0.15, -0.1) is 0 Å². The number of oxazole rings is 1. The zero-order valence-corrected chi connectivity index (χ0v) is 14.0. The number of benzene rings is 2. The number of fused-ring (bicyclic) bond motifs is 1. The summed E-state index contributed by atoms with van der Waals surface area (Å²) in [7, 11) is 1.64. The Morgan fingerprint density at radius 3 is 2.88 bits per heavy atom. The summed E-state index contributed by atoms with van der Waals surface area (Å²) in [6.45, 7) is 0.563. The van der Waals surface area contributed by atoms with Crippen molar-refractivity contribution < 1.29 is 13.9 Å². The highest BCUT2D eigenvalue weighted by Gasteiger charge is 2.06. The maximum atomic E-state index is 12.0. The molecule has 0 spiro atoms. The van der Waals surface area contributed by atoms with E-state index in [9.17, 15) is 9.59 Å². The van der Waals surface area contributed by atoms with Crippen LogP contribution in [-0.2, 0) is 17.6 Å². The molecule has 3 rings (SSSR count). The molecule has 1 heterocycles. The second kappa shape index (κ2) is 7.70. The number of para-hydroxylation sites is 1. The number of carbonyl (C=O) groups excluding carboxylic acids is 1. The minimum Gasteiger partial charge on any atom is -0.496 e. The van der Waals surface area contributed by atoms with Gasteiger partial charge in [-0.2, -0.15) is 0 Å². The number of H-pyrrole nitrogens is 1. The topological polar surface area (TPSA) is 84.3 Å². The zero-order valence-electron chi connectivity index (χ0n) is 14.0. The first-order valence-corrected chi connectivity index (χ1v) is 8.16. The molecule has 0 aliphatic carbocycles. The van der Waals surface area contributed by atoms with E-state index in [-0.39, 0.29) is 5.91 Å². The number of aryl methyl sites for hydroxylation is 1. The smallest absolute Gasteiger partial charge is 0.417 e. The first-order chi connectivity index (χ1) is 12.2. The number of rotatable bonds is 7. The summed E-state index contributed by atoms with van der Waals surface area (Å²) in [5.41, 5.74) is 3.22. The lowest BCUT2D eigenvalue weighted by atomic mass is 10.1. The molecule has 0 saturated heterocycles. The second-order valence-corrected chi connectivity index (χ2v) is 5.76. The summed E-state index contributed by atoms with van der Waals surface area (Å²) in [6.07, 6.45) is 1.71. The molecular formula is C19H20N2O4. The normalized spacial score (nSPS) is 10.8. The number of hydrogen-bond acceptors (Lipinski definition) is 4. The zero-order chi connectivity index (χ0) is 17.6. The lowest BCUT2D eigenvalue weighted by Crippen LogP contribution is -2.26. The summed E-state index contributed by atoms with van der Waals surface area (Å²) >= 11 is 0. The van der Waals surface area contributed by atoms with Crippen LogP contribution in [0.3, 0.4) is 0 Å². The van der Waals surface area contributed by atoms with Gasteiger partial charge in [-0.1, -0.05) is 24.3 Å². The van der Waals surface area contributed by atoms with E-state index in [1.165, 1.54) is 0 Å².